The maximum atomic E-state index is 13.1. The van der Waals surface area contributed by atoms with Crippen LogP contribution in [0.2, 0.25) is 0 Å². The Kier molecular flexibility index (Phi) is 7.72. The van der Waals surface area contributed by atoms with Crippen LogP contribution in [0.15, 0.2) is 54.9 Å². The van der Waals surface area contributed by atoms with Gasteiger partial charge in [0.15, 0.2) is 5.82 Å². The fourth-order valence-corrected chi connectivity index (χ4v) is 3.62. The number of rotatable bonds is 9. The smallest absolute Gasteiger partial charge is 0.318 e. The number of tetrazole rings is 1. The Morgan fingerprint density at radius 1 is 1.09 bits per heavy atom. The summed E-state index contributed by atoms with van der Waals surface area (Å²) < 4.78 is 7.04. The van der Waals surface area contributed by atoms with E-state index in [-0.39, 0.29) is 12.6 Å². The van der Waals surface area contributed by atoms with Crippen molar-refractivity contribution in [2.45, 2.75) is 19.5 Å². The number of benzene rings is 1. The second kappa shape index (κ2) is 11.3. The number of para-hydroxylation sites is 1. The normalized spacial score (nSPS) is 14.2. The summed E-state index contributed by atoms with van der Waals surface area (Å²) in [5.74, 6) is 0.571. The van der Waals surface area contributed by atoms with E-state index < -0.39 is 0 Å². The predicted molar refractivity (Wildman–Crippen MR) is 118 cm³/mol. The van der Waals surface area contributed by atoms with Gasteiger partial charge in [-0.25, -0.2) is 4.79 Å². The Morgan fingerprint density at radius 3 is 2.66 bits per heavy atom. The van der Waals surface area contributed by atoms with E-state index in [4.69, 9.17) is 4.74 Å². The first-order chi connectivity index (χ1) is 15.8. The van der Waals surface area contributed by atoms with Gasteiger partial charge >= 0.3 is 6.03 Å². The van der Waals surface area contributed by atoms with Crippen molar-refractivity contribution in [2.24, 2.45) is 0 Å². The van der Waals surface area contributed by atoms with Crippen LogP contribution in [0.25, 0.3) is 5.69 Å². The van der Waals surface area contributed by atoms with Crippen LogP contribution in [0, 0.1) is 0 Å². The zero-order chi connectivity index (χ0) is 22.0. The first-order valence-corrected chi connectivity index (χ1v) is 10.8. The third-order valence-electron chi connectivity index (χ3n) is 5.35. The number of pyridine rings is 1. The number of ether oxygens (including phenoxy) is 1. The van der Waals surface area contributed by atoms with Gasteiger partial charge in [0.05, 0.1) is 25.4 Å². The van der Waals surface area contributed by atoms with Gasteiger partial charge in [-0.2, -0.15) is 4.68 Å². The molecule has 0 bridgehead atoms. The average Bonchev–Trinajstić information content (AvgIpc) is 3.32. The second-order valence-electron chi connectivity index (χ2n) is 7.59. The van der Waals surface area contributed by atoms with Gasteiger partial charge in [-0.1, -0.05) is 18.2 Å². The van der Waals surface area contributed by atoms with Crippen molar-refractivity contribution in [1.82, 2.24) is 40.3 Å². The Bertz CT molecular complexity index is 960. The van der Waals surface area contributed by atoms with Crippen LogP contribution in [0.4, 0.5) is 4.79 Å². The molecule has 168 valence electrons. The highest BCUT2D eigenvalue weighted by Crippen LogP contribution is 2.09. The molecule has 4 rings (SSSR count). The molecule has 1 saturated heterocycles. The summed E-state index contributed by atoms with van der Waals surface area (Å²) in [4.78, 5) is 21.3. The van der Waals surface area contributed by atoms with Gasteiger partial charge in [0.1, 0.15) is 0 Å². The summed E-state index contributed by atoms with van der Waals surface area (Å²) in [6, 6.07) is 13.3. The maximum Gasteiger partial charge on any atom is 0.318 e. The molecule has 10 nitrogen and oxygen atoms in total. The number of hydrogen-bond acceptors (Lipinski definition) is 7. The number of aromatic nitrogens is 5. The van der Waals surface area contributed by atoms with E-state index >= 15 is 0 Å². The fourth-order valence-electron chi connectivity index (χ4n) is 3.62. The number of amides is 2. The molecule has 0 atom stereocenters. The molecule has 1 aliphatic heterocycles. The van der Waals surface area contributed by atoms with Crippen molar-refractivity contribution in [1.29, 1.82) is 0 Å². The van der Waals surface area contributed by atoms with E-state index in [2.05, 4.69) is 30.7 Å². The summed E-state index contributed by atoms with van der Waals surface area (Å²) in [6.45, 7) is 5.77. The largest absolute Gasteiger partial charge is 0.379 e. The second-order valence-corrected chi connectivity index (χ2v) is 7.59. The lowest BCUT2D eigenvalue weighted by molar-refractivity contribution is 0.0364. The van der Waals surface area contributed by atoms with Gasteiger partial charge in [-0.15, -0.1) is 5.10 Å². The minimum Gasteiger partial charge on any atom is -0.379 e. The monoisotopic (exact) mass is 436 g/mol. The molecule has 1 aliphatic rings. The number of nitrogens with zero attached hydrogens (tertiary/aromatic N) is 7. The number of urea groups is 1. The highest BCUT2D eigenvalue weighted by molar-refractivity contribution is 5.74. The van der Waals surface area contributed by atoms with Gasteiger partial charge in [-0.05, 0) is 46.7 Å². The molecule has 2 amide bonds. The van der Waals surface area contributed by atoms with Crippen molar-refractivity contribution in [3.8, 4) is 5.69 Å². The summed E-state index contributed by atoms with van der Waals surface area (Å²) in [5.41, 5.74) is 1.89. The quantitative estimate of drug-likeness (QED) is 0.542. The molecular formula is C22H28N8O2. The van der Waals surface area contributed by atoms with Crippen LogP contribution in [0.3, 0.4) is 0 Å². The number of carbonyl (C=O) groups is 1. The molecule has 0 spiro atoms. The fraction of sp³-hybridized carbons (Fsp3) is 0.409. The van der Waals surface area contributed by atoms with E-state index in [0.29, 0.717) is 18.9 Å². The van der Waals surface area contributed by atoms with Crippen molar-refractivity contribution in [2.75, 3.05) is 39.4 Å². The number of morpholine rings is 1. The number of nitrogens with one attached hydrogen (secondary N) is 1. The van der Waals surface area contributed by atoms with Crippen molar-refractivity contribution < 1.29 is 9.53 Å². The Hall–Kier alpha value is -3.37. The third kappa shape index (κ3) is 6.08. The van der Waals surface area contributed by atoms with Crippen LogP contribution in [0.1, 0.15) is 17.8 Å². The van der Waals surface area contributed by atoms with Crippen LogP contribution in [-0.2, 0) is 17.8 Å². The van der Waals surface area contributed by atoms with Crippen molar-refractivity contribution in [3.05, 3.63) is 66.2 Å². The number of carbonyl (C=O) groups excluding carboxylic acids is 1. The Morgan fingerprint density at radius 2 is 1.88 bits per heavy atom. The van der Waals surface area contributed by atoms with Gasteiger partial charge in [0.25, 0.3) is 0 Å². The van der Waals surface area contributed by atoms with E-state index in [9.17, 15) is 4.79 Å². The van der Waals surface area contributed by atoms with Gasteiger partial charge < -0.3 is 15.0 Å². The van der Waals surface area contributed by atoms with Crippen LogP contribution >= 0.6 is 0 Å². The first kappa shape index (κ1) is 21.8. The van der Waals surface area contributed by atoms with Crippen LogP contribution in [-0.4, -0.2) is 80.4 Å². The molecule has 32 heavy (non-hydrogen) atoms. The lowest BCUT2D eigenvalue weighted by atomic mass is 10.2. The maximum absolute atomic E-state index is 13.1. The van der Waals surface area contributed by atoms with Crippen molar-refractivity contribution in [3.63, 3.8) is 0 Å². The zero-order valence-electron chi connectivity index (χ0n) is 18.0. The van der Waals surface area contributed by atoms with E-state index in [1.807, 2.05) is 47.4 Å². The summed E-state index contributed by atoms with van der Waals surface area (Å²) in [5, 5.41) is 14.9. The minimum absolute atomic E-state index is 0.147. The highest BCUT2D eigenvalue weighted by atomic mass is 16.5. The molecule has 3 heterocycles. The van der Waals surface area contributed by atoms with Crippen LogP contribution in [0.5, 0.6) is 0 Å². The van der Waals surface area contributed by atoms with Gasteiger partial charge in [0.2, 0.25) is 0 Å². The molecular weight excluding hydrogens is 408 g/mol. The van der Waals surface area contributed by atoms with Gasteiger partial charge in [-0.3, -0.25) is 9.88 Å². The number of hydrogen-bond donors (Lipinski definition) is 1. The molecule has 1 fully saturated rings. The topological polar surface area (TPSA) is 101 Å². The minimum atomic E-state index is -0.147. The molecule has 10 heteroatoms. The van der Waals surface area contributed by atoms with Crippen molar-refractivity contribution >= 4 is 6.03 Å². The Balaban J connectivity index is 1.36. The molecule has 2 aromatic heterocycles. The van der Waals surface area contributed by atoms with Gasteiger partial charge in [0, 0.05) is 45.1 Å². The van der Waals surface area contributed by atoms with E-state index in [0.717, 1.165) is 50.5 Å². The SMILES string of the molecule is O=C(NCc1nnnn1-c1ccccc1)N(CCCN1CCOCC1)Cc1ccncc1. The molecule has 3 aromatic rings. The first-order valence-electron chi connectivity index (χ1n) is 10.8. The lowest BCUT2D eigenvalue weighted by Gasteiger charge is -2.28. The lowest BCUT2D eigenvalue weighted by Crippen LogP contribution is -2.42. The van der Waals surface area contributed by atoms with Crippen LogP contribution < -0.4 is 5.32 Å². The molecule has 0 unspecified atom stereocenters. The summed E-state index contributed by atoms with van der Waals surface area (Å²) in [6.07, 6.45) is 4.38. The Labute approximate surface area is 187 Å². The van der Waals surface area contributed by atoms with E-state index in [1.165, 1.54) is 0 Å². The molecule has 0 saturated carbocycles. The predicted octanol–water partition coefficient (Wildman–Crippen LogP) is 1.49. The molecule has 1 N–H and O–H groups in total. The highest BCUT2D eigenvalue weighted by Gasteiger charge is 2.17. The summed E-state index contributed by atoms with van der Waals surface area (Å²) >= 11 is 0. The standard InChI is InChI=1S/C22H28N8O2/c31-22(24-17-21-25-26-27-30(21)20-5-2-1-3-6-20)29(18-19-7-9-23-10-8-19)12-4-11-28-13-15-32-16-14-28/h1-3,5-10H,4,11-18H2,(H,24,31). The molecule has 1 aromatic carbocycles. The molecule has 0 radical (unpaired) electrons. The average molecular weight is 437 g/mol. The summed E-state index contributed by atoms with van der Waals surface area (Å²) in [7, 11) is 0. The van der Waals surface area contributed by atoms with E-state index in [1.54, 1.807) is 17.1 Å². The third-order valence-corrected chi connectivity index (χ3v) is 5.35. The molecule has 0 aliphatic carbocycles. The zero-order valence-corrected chi connectivity index (χ0v) is 18.0.